The van der Waals surface area contributed by atoms with E-state index >= 15 is 0 Å². The molecule has 8 heteroatoms. The molecular formula is C17H22N4O3S. The first-order chi connectivity index (χ1) is 11.6. The number of hydrogen-bond donors (Lipinski definition) is 1. The summed E-state index contributed by atoms with van der Waals surface area (Å²) in [4.78, 5) is 16.4. The van der Waals surface area contributed by atoms with Crippen molar-refractivity contribution in [2.24, 2.45) is 0 Å². The lowest BCUT2D eigenvalue weighted by molar-refractivity contribution is 0.102. The van der Waals surface area contributed by atoms with Crippen LogP contribution in [-0.2, 0) is 15.4 Å². The fourth-order valence-electron chi connectivity index (χ4n) is 2.58. The van der Waals surface area contributed by atoms with Crippen LogP contribution in [0.1, 0.15) is 55.7 Å². The van der Waals surface area contributed by atoms with Crippen LogP contribution in [0, 0.1) is 0 Å². The molecule has 0 bridgehead atoms. The largest absolute Gasteiger partial charge is 0.319 e. The molecule has 0 aliphatic heterocycles. The van der Waals surface area contributed by atoms with Crippen molar-refractivity contribution in [3.8, 4) is 0 Å². The normalized spacial score (nSPS) is 15.2. The van der Waals surface area contributed by atoms with Crippen molar-refractivity contribution in [2.75, 3.05) is 11.6 Å². The van der Waals surface area contributed by atoms with Gasteiger partial charge in [-0.15, -0.1) is 0 Å². The first-order valence-corrected chi connectivity index (χ1v) is 10.0. The predicted octanol–water partition coefficient (Wildman–Crippen LogP) is 2.57. The third kappa shape index (κ3) is 3.89. The number of carbonyl (C=O) groups excluding carboxylic acids is 1. The second-order valence-electron chi connectivity index (χ2n) is 7.42. The lowest BCUT2D eigenvalue weighted by Gasteiger charge is -2.22. The third-order valence-corrected chi connectivity index (χ3v) is 4.98. The highest BCUT2D eigenvalue weighted by Gasteiger charge is 2.32. The zero-order chi connectivity index (χ0) is 18.4. The van der Waals surface area contributed by atoms with E-state index in [2.05, 4.69) is 36.2 Å². The fourth-order valence-corrected chi connectivity index (χ4v) is 3.14. The van der Waals surface area contributed by atoms with E-state index in [0.29, 0.717) is 17.3 Å². The Balaban J connectivity index is 1.82. The van der Waals surface area contributed by atoms with Gasteiger partial charge in [0.05, 0.1) is 17.4 Å². The van der Waals surface area contributed by atoms with E-state index in [1.54, 1.807) is 0 Å². The highest BCUT2D eigenvalue weighted by molar-refractivity contribution is 7.90. The minimum Gasteiger partial charge on any atom is -0.319 e. The minimum atomic E-state index is -3.36. The smallest absolute Gasteiger partial charge is 0.276 e. The van der Waals surface area contributed by atoms with Crippen molar-refractivity contribution < 1.29 is 13.2 Å². The van der Waals surface area contributed by atoms with Crippen molar-refractivity contribution in [3.05, 3.63) is 35.8 Å². The lowest BCUT2D eigenvalue weighted by atomic mass is 10.1. The molecule has 134 valence electrons. The second-order valence-corrected chi connectivity index (χ2v) is 9.39. The molecule has 1 saturated carbocycles. The maximum Gasteiger partial charge on any atom is 0.276 e. The van der Waals surface area contributed by atoms with Gasteiger partial charge in [-0.25, -0.2) is 13.4 Å². The van der Waals surface area contributed by atoms with Crippen LogP contribution >= 0.6 is 0 Å². The number of nitrogens with one attached hydrogen (secondary N) is 1. The Morgan fingerprint density at radius 1 is 1.28 bits per heavy atom. The Labute approximate surface area is 147 Å². The standard InChI is InChI=1S/C17H22N4O3S/c1-17(2,3)21-14(11-5-6-11)9-13(20-21)16(22)19-12-7-8-15(18-10-12)25(4,23)24/h7-11H,5-6H2,1-4H3,(H,19,22). The molecule has 1 amide bonds. The molecule has 0 radical (unpaired) electrons. The topological polar surface area (TPSA) is 94.0 Å². The molecule has 1 fully saturated rings. The number of nitrogens with zero attached hydrogens (tertiary/aromatic N) is 3. The predicted molar refractivity (Wildman–Crippen MR) is 94.5 cm³/mol. The Bertz CT molecular complexity index is 904. The summed E-state index contributed by atoms with van der Waals surface area (Å²) in [6.07, 6.45) is 4.67. The Hall–Kier alpha value is -2.22. The average molecular weight is 362 g/mol. The third-order valence-electron chi connectivity index (χ3n) is 3.97. The summed E-state index contributed by atoms with van der Waals surface area (Å²) in [5, 5.41) is 7.17. The summed E-state index contributed by atoms with van der Waals surface area (Å²) in [6, 6.07) is 4.73. The van der Waals surface area contributed by atoms with Crippen LogP contribution in [-0.4, -0.2) is 35.3 Å². The van der Waals surface area contributed by atoms with Gasteiger partial charge in [-0.3, -0.25) is 9.48 Å². The molecule has 0 aromatic carbocycles. The summed E-state index contributed by atoms with van der Waals surface area (Å²) in [7, 11) is -3.36. The average Bonchev–Trinajstić information content (AvgIpc) is 3.23. The molecule has 2 aromatic heterocycles. The quantitative estimate of drug-likeness (QED) is 0.902. The van der Waals surface area contributed by atoms with Crippen LogP contribution in [0.2, 0.25) is 0 Å². The van der Waals surface area contributed by atoms with Crippen molar-refractivity contribution in [2.45, 2.75) is 50.1 Å². The summed E-state index contributed by atoms with van der Waals surface area (Å²) in [5.74, 6) is 0.141. The minimum absolute atomic E-state index is 0.0291. The molecule has 2 heterocycles. The molecule has 0 spiro atoms. The number of pyridine rings is 1. The van der Waals surface area contributed by atoms with Crippen LogP contribution in [0.25, 0.3) is 0 Å². The van der Waals surface area contributed by atoms with Crippen LogP contribution in [0.3, 0.4) is 0 Å². The van der Waals surface area contributed by atoms with E-state index in [-0.39, 0.29) is 16.5 Å². The summed E-state index contributed by atoms with van der Waals surface area (Å²) >= 11 is 0. The first kappa shape index (κ1) is 17.6. The van der Waals surface area contributed by atoms with Gasteiger partial charge in [-0.05, 0) is 51.8 Å². The molecule has 2 aromatic rings. The van der Waals surface area contributed by atoms with Crippen molar-refractivity contribution in [1.29, 1.82) is 0 Å². The van der Waals surface area contributed by atoms with Gasteiger partial charge >= 0.3 is 0 Å². The van der Waals surface area contributed by atoms with Gasteiger partial charge in [0.15, 0.2) is 20.6 Å². The van der Waals surface area contributed by atoms with Gasteiger partial charge in [0, 0.05) is 17.9 Å². The number of aromatic nitrogens is 3. The zero-order valence-electron chi connectivity index (χ0n) is 14.8. The summed E-state index contributed by atoms with van der Waals surface area (Å²) in [6.45, 7) is 6.17. The molecular weight excluding hydrogens is 340 g/mol. The molecule has 1 N–H and O–H groups in total. The van der Waals surface area contributed by atoms with E-state index in [1.807, 2.05) is 10.7 Å². The molecule has 3 rings (SSSR count). The van der Waals surface area contributed by atoms with Gasteiger partial charge in [-0.2, -0.15) is 5.10 Å². The van der Waals surface area contributed by atoms with Crippen LogP contribution in [0.4, 0.5) is 5.69 Å². The SMILES string of the molecule is CC(C)(C)n1nc(C(=O)Nc2ccc(S(C)(=O)=O)nc2)cc1C1CC1. The van der Waals surface area contributed by atoms with E-state index in [1.165, 1.54) is 18.3 Å². The van der Waals surface area contributed by atoms with Gasteiger partial charge in [0.2, 0.25) is 0 Å². The maximum atomic E-state index is 12.5. The van der Waals surface area contributed by atoms with E-state index in [4.69, 9.17) is 0 Å². The zero-order valence-corrected chi connectivity index (χ0v) is 15.6. The molecule has 1 aliphatic carbocycles. The monoisotopic (exact) mass is 362 g/mol. The van der Waals surface area contributed by atoms with Crippen molar-refractivity contribution in [3.63, 3.8) is 0 Å². The molecule has 1 aliphatic rings. The summed E-state index contributed by atoms with van der Waals surface area (Å²) < 4.78 is 24.8. The first-order valence-electron chi connectivity index (χ1n) is 8.13. The number of sulfone groups is 1. The molecule has 25 heavy (non-hydrogen) atoms. The van der Waals surface area contributed by atoms with Crippen molar-refractivity contribution >= 4 is 21.4 Å². The van der Waals surface area contributed by atoms with E-state index < -0.39 is 9.84 Å². The van der Waals surface area contributed by atoms with Gasteiger partial charge in [-0.1, -0.05) is 0 Å². The summed E-state index contributed by atoms with van der Waals surface area (Å²) in [5.41, 5.74) is 1.66. The molecule has 7 nitrogen and oxygen atoms in total. The number of anilines is 1. The maximum absolute atomic E-state index is 12.5. The number of rotatable bonds is 4. The van der Waals surface area contributed by atoms with Crippen LogP contribution in [0.15, 0.2) is 29.4 Å². The second kappa shape index (κ2) is 5.94. The Morgan fingerprint density at radius 3 is 2.44 bits per heavy atom. The van der Waals surface area contributed by atoms with Gasteiger partial charge < -0.3 is 5.32 Å². The molecule has 0 atom stereocenters. The van der Waals surface area contributed by atoms with Crippen molar-refractivity contribution in [1.82, 2.24) is 14.8 Å². The van der Waals surface area contributed by atoms with Crippen LogP contribution in [0.5, 0.6) is 0 Å². The molecule has 0 saturated heterocycles. The highest BCUT2D eigenvalue weighted by atomic mass is 32.2. The fraction of sp³-hybridized carbons (Fsp3) is 0.471. The number of hydrogen-bond acceptors (Lipinski definition) is 5. The number of carbonyl (C=O) groups is 1. The highest BCUT2D eigenvalue weighted by Crippen LogP contribution is 2.41. The Kier molecular flexibility index (Phi) is 4.18. The Morgan fingerprint density at radius 2 is 1.96 bits per heavy atom. The number of amides is 1. The van der Waals surface area contributed by atoms with Crippen LogP contribution < -0.4 is 5.32 Å². The lowest BCUT2D eigenvalue weighted by Crippen LogP contribution is -2.25. The molecule has 0 unspecified atom stereocenters. The van der Waals surface area contributed by atoms with E-state index in [0.717, 1.165) is 24.8 Å². The van der Waals surface area contributed by atoms with Gasteiger partial charge in [0.1, 0.15) is 0 Å². The van der Waals surface area contributed by atoms with Gasteiger partial charge in [0.25, 0.3) is 5.91 Å². The van der Waals surface area contributed by atoms with E-state index in [9.17, 15) is 13.2 Å².